The molecule has 4 atom stereocenters. The van der Waals surface area contributed by atoms with Crippen molar-refractivity contribution >= 4 is 35.0 Å². The van der Waals surface area contributed by atoms with E-state index >= 15 is 0 Å². The number of carbonyl (C=O) groups is 4. The topological polar surface area (TPSA) is 146 Å². The van der Waals surface area contributed by atoms with Gasteiger partial charge in [-0.15, -0.1) is 11.3 Å². The standard InChI is InChI=1S/C17H22N4O3S.C11H21NO2.C8H16O.H2/c1-16(2)3-10(16)14(23)21-7-17(8-21)6-20(5-11(17)13(18)22)15(24)12-4-19-9-25-12;1-3-5-11(13)12-7-4-6-10(8-12)9-14-2;1-7(9)8-5-3-2-4-6-8;/h4,9-11H,3,5-8H2,1-2H3,(H2,18,22);10H,3-9H2,1-2H3;7-9H,2-6H2,1H3;1H/t10-,11+;10-;;/m10../s1. The molecular weight excluding hydrogens is 630 g/mol. The van der Waals surface area contributed by atoms with Gasteiger partial charge in [-0.05, 0) is 62.7 Å². The van der Waals surface area contributed by atoms with Crippen LogP contribution in [-0.4, -0.2) is 108 Å². The molecule has 5 fully saturated rings. The number of ether oxygens (including phenoxy) is 1. The van der Waals surface area contributed by atoms with Crippen molar-refractivity contribution in [2.75, 3.05) is 53.0 Å². The van der Waals surface area contributed by atoms with Crippen molar-refractivity contribution in [3.8, 4) is 0 Å². The Labute approximate surface area is 292 Å². The molecule has 11 nitrogen and oxygen atoms in total. The van der Waals surface area contributed by atoms with Gasteiger partial charge in [0, 0.05) is 65.6 Å². The largest absolute Gasteiger partial charge is 0.393 e. The summed E-state index contributed by atoms with van der Waals surface area (Å²) in [4.78, 5) is 58.7. The number of methoxy groups -OCH3 is 1. The Kier molecular flexibility index (Phi) is 13.5. The molecule has 0 aromatic carbocycles. The van der Waals surface area contributed by atoms with Crippen LogP contribution in [0, 0.1) is 34.5 Å². The summed E-state index contributed by atoms with van der Waals surface area (Å²) in [6, 6.07) is 0. The summed E-state index contributed by atoms with van der Waals surface area (Å²) < 4.78 is 5.13. The molecule has 5 aliphatic rings. The number of rotatable bonds is 8. The van der Waals surface area contributed by atoms with Crippen molar-refractivity contribution in [2.45, 2.75) is 98.0 Å². The lowest BCUT2D eigenvalue weighted by atomic mass is 9.71. The highest BCUT2D eigenvalue weighted by molar-refractivity contribution is 7.11. The average Bonchev–Trinajstić information content (AvgIpc) is 3.41. The molecule has 4 heterocycles. The number of nitrogens with two attached hydrogens (primary N) is 1. The van der Waals surface area contributed by atoms with Gasteiger partial charge in [0.1, 0.15) is 4.88 Å². The van der Waals surface area contributed by atoms with Gasteiger partial charge in [0.15, 0.2) is 0 Å². The first-order chi connectivity index (χ1) is 22.8. The summed E-state index contributed by atoms with van der Waals surface area (Å²) in [6.07, 6.45) is 12.9. The van der Waals surface area contributed by atoms with Crippen molar-refractivity contribution in [1.82, 2.24) is 19.7 Å². The molecule has 3 aliphatic heterocycles. The summed E-state index contributed by atoms with van der Waals surface area (Å²) in [5.41, 5.74) is 6.93. The van der Waals surface area contributed by atoms with Gasteiger partial charge in [0.2, 0.25) is 17.7 Å². The first-order valence-corrected chi connectivity index (χ1v) is 18.9. The molecule has 3 N–H and O–H groups in total. The Morgan fingerprint density at radius 2 is 1.71 bits per heavy atom. The van der Waals surface area contributed by atoms with E-state index in [1.165, 1.54) is 49.9 Å². The Morgan fingerprint density at radius 1 is 1.04 bits per heavy atom. The third-order valence-corrected chi connectivity index (χ3v) is 11.9. The van der Waals surface area contributed by atoms with E-state index in [0.29, 0.717) is 55.2 Å². The van der Waals surface area contributed by atoms with E-state index < -0.39 is 11.8 Å². The van der Waals surface area contributed by atoms with Gasteiger partial charge >= 0.3 is 0 Å². The van der Waals surface area contributed by atoms with Crippen molar-refractivity contribution < 1.29 is 30.4 Å². The van der Waals surface area contributed by atoms with Crippen LogP contribution in [0.25, 0.3) is 0 Å². The van der Waals surface area contributed by atoms with Gasteiger partial charge in [-0.25, -0.2) is 0 Å². The van der Waals surface area contributed by atoms with Gasteiger partial charge in [-0.3, -0.25) is 24.2 Å². The number of primary amides is 1. The van der Waals surface area contributed by atoms with Gasteiger partial charge in [0.25, 0.3) is 5.91 Å². The molecule has 272 valence electrons. The van der Waals surface area contributed by atoms with Crippen molar-refractivity contribution in [1.29, 1.82) is 0 Å². The maximum Gasteiger partial charge on any atom is 0.265 e. The molecule has 0 radical (unpaired) electrons. The van der Waals surface area contributed by atoms with E-state index in [2.05, 4.69) is 25.8 Å². The third-order valence-electron chi connectivity index (χ3n) is 11.1. The minimum atomic E-state index is -0.402. The molecule has 1 unspecified atom stereocenters. The number of aromatic nitrogens is 1. The van der Waals surface area contributed by atoms with Gasteiger partial charge in [-0.2, -0.15) is 0 Å². The van der Waals surface area contributed by atoms with E-state index in [1.807, 2.05) is 16.7 Å². The first-order valence-electron chi connectivity index (χ1n) is 18.0. The SMILES string of the molecule is CC(O)C1CCCCC1.CC1(C)C[C@@H]1C(=O)N1CC2(CN(C(=O)c3cncs3)C[C@H]2C(N)=O)C1.CCCC(=O)N1CCC[C@H](COC)C1.[HH]. The number of hydrogen-bond donors (Lipinski definition) is 2. The minimum absolute atomic E-state index is 0. The van der Waals surface area contributed by atoms with Crippen molar-refractivity contribution in [3.05, 3.63) is 16.6 Å². The number of thiazole rings is 1. The fourth-order valence-corrected chi connectivity index (χ4v) is 8.53. The second-order valence-electron chi connectivity index (χ2n) is 15.5. The first kappa shape index (κ1) is 38.2. The molecule has 2 aliphatic carbocycles. The zero-order chi connectivity index (χ0) is 35.1. The highest BCUT2D eigenvalue weighted by Gasteiger charge is 2.61. The van der Waals surface area contributed by atoms with Crippen LogP contribution in [0.5, 0.6) is 0 Å². The highest BCUT2D eigenvalue weighted by atomic mass is 32.1. The summed E-state index contributed by atoms with van der Waals surface area (Å²) in [6.45, 7) is 12.6. The van der Waals surface area contributed by atoms with E-state index in [-0.39, 0.29) is 36.1 Å². The predicted molar refractivity (Wildman–Crippen MR) is 188 cm³/mol. The molecule has 3 saturated heterocycles. The summed E-state index contributed by atoms with van der Waals surface area (Å²) in [5, 5.41) is 9.18. The second kappa shape index (κ2) is 16.9. The number of piperidine rings is 1. The van der Waals surface area contributed by atoms with Crippen LogP contribution >= 0.6 is 11.3 Å². The maximum absolute atomic E-state index is 12.6. The van der Waals surface area contributed by atoms with E-state index in [1.54, 1.807) is 23.7 Å². The molecule has 0 bridgehead atoms. The number of likely N-dealkylation sites (tertiary alicyclic amines) is 3. The smallest absolute Gasteiger partial charge is 0.265 e. The molecule has 4 amide bonds. The normalized spacial score (nSPS) is 26.4. The van der Waals surface area contributed by atoms with Crippen LogP contribution in [-0.2, 0) is 19.1 Å². The second-order valence-corrected chi connectivity index (χ2v) is 16.4. The lowest BCUT2D eigenvalue weighted by molar-refractivity contribution is -0.150. The van der Waals surface area contributed by atoms with E-state index in [0.717, 1.165) is 39.0 Å². The Morgan fingerprint density at radius 3 is 2.23 bits per heavy atom. The van der Waals surface area contributed by atoms with Crippen molar-refractivity contribution in [2.24, 2.45) is 40.2 Å². The fourth-order valence-electron chi connectivity index (χ4n) is 7.94. The number of carbonyl (C=O) groups excluding carboxylic acids is 4. The molecule has 2 saturated carbocycles. The lowest BCUT2D eigenvalue weighted by Gasteiger charge is -2.50. The van der Waals surface area contributed by atoms with Gasteiger partial charge < -0.3 is 30.3 Å². The molecule has 1 spiro atoms. The van der Waals surface area contributed by atoms with E-state index in [4.69, 9.17) is 10.5 Å². The number of aliphatic hydroxyl groups excluding tert-OH is 1. The number of hydrogen-bond acceptors (Lipinski definition) is 8. The molecule has 6 rings (SSSR count). The number of aliphatic hydroxyl groups is 1. The Bertz CT molecular complexity index is 1230. The zero-order valence-electron chi connectivity index (χ0n) is 29.8. The van der Waals surface area contributed by atoms with Crippen LogP contribution in [0.2, 0.25) is 0 Å². The molecule has 48 heavy (non-hydrogen) atoms. The van der Waals surface area contributed by atoms with Crippen LogP contribution in [0.1, 0.15) is 103 Å². The summed E-state index contributed by atoms with van der Waals surface area (Å²) in [7, 11) is 1.73. The quantitative estimate of drug-likeness (QED) is 0.410. The summed E-state index contributed by atoms with van der Waals surface area (Å²) in [5.74, 6) is 0.832. The number of nitrogens with zero attached hydrogens (tertiary/aromatic N) is 4. The Balaban J connectivity index is 0.000000228. The zero-order valence-corrected chi connectivity index (χ0v) is 30.6. The monoisotopic (exact) mass is 691 g/mol. The van der Waals surface area contributed by atoms with Gasteiger partial charge in [-0.1, -0.05) is 40.0 Å². The van der Waals surface area contributed by atoms with E-state index in [9.17, 15) is 24.3 Å². The average molecular weight is 692 g/mol. The fraction of sp³-hybridized carbons (Fsp3) is 0.806. The Hall–Kier alpha value is -2.57. The van der Waals surface area contributed by atoms with Crippen LogP contribution < -0.4 is 5.73 Å². The molecular formula is C36H61N5O6S. The van der Waals surface area contributed by atoms with Gasteiger partial charge in [0.05, 0.1) is 30.3 Å². The summed E-state index contributed by atoms with van der Waals surface area (Å²) >= 11 is 1.29. The molecule has 12 heteroatoms. The minimum Gasteiger partial charge on any atom is -0.393 e. The predicted octanol–water partition coefficient (Wildman–Crippen LogP) is 4.44. The third kappa shape index (κ3) is 9.56. The maximum atomic E-state index is 12.6. The highest BCUT2D eigenvalue weighted by Crippen LogP contribution is 2.54. The van der Waals surface area contributed by atoms with Crippen molar-refractivity contribution in [3.63, 3.8) is 0 Å². The van der Waals surface area contributed by atoms with Crippen LogP contribution in [0.4, 0.5) is 0 Å². The van der Waals surface area contributed by atoms with Crippen LogP contribution in [0.3, 0.4) is 0 Å². The lowest BCUT2D eigenvalue weighted by Crippen LogP contribution is -2.64. The molecule has 1 aromatic rings. The molecule has 1 aromatic heterocycles. The van der Waals surface area contributed by atoms with Crippen LogP contribution in [0.15, 0.2) is 11.7 Å². The number of amides is 4.